The molecule has 3 N–H and O–H groups in total. The van der Waals surface area contributed by atoms with Crippen LogP contribution in [0.4, 0.5) is 0 Å². The molecule has 0 spiro atoms. The monoisotopic (exact) mass is 261 g/mol. The van der Waals surface area contributed by atoms with Crippen LogP contribution in [0.2, 0.25) is 0 Å². The van der Waals surface area contributed by atoms with Gasteiger partial charge >= 0.3 is 0 Å². The van der Waals surface area contributed by atoms with Gasteiger partial charge in [0.1, 0.15) is 5.82 Å². The summed E-state index contributed by atoms with van der Waals surface area (Å²) in [5.74, 6) is 0.771. The van der Waals surface area contributed by atoms with Crippen molar-refractivity contribution >= 4 is 10.0 Å². The second-order valence-corrected chi connectivity index (χ2v) is 5.90. The van der Waals surface area contributed by atoms with Crippen molar-refractivity contribution in [2.75, 3.05) is 13.2 Å². The molecular formula is C10H19N3O3S. The average molecular weight is 261 g/mol. The molecule has 0 aliphatic rings. The molecule has 0 radical (unpaired) electrons. The third-order valence-corrected chi connectivity index (χ3v) is 3.82. The number of hydrogen-bond acceptors (Lipinski definition) is 4. The van der Waals surface area contributed by atoms with Gasteiger partial charge in [0.15, 0.2) is 5.03 Å². The van der Waals surface area contributed by atoms with E-state index >= 15 is 0 Å². The Morgan fingerprint density at radius 2 is 2.29 bits per heavy atom. The summed E-state index contributed by atoms with van der Waals surface area (Å²) in [6, 6.07) is 0. The van der Waals surface area contributed by atoms with Gasteiger partial charge in [0.05, 0.1) is 6.20 Å². The summed E-state index contributed by atoms with van der Waals surface area (Å²) in [5.41, 5.74) is 0. The quantitative estimate of drug-likeness (QED) is 0.619. The van der Waals surface area contributed by atoms with Crippen LogP contribution in [0.1, 0.15) is 25.6 Å². The van der Waals surface area contributed by atoms with E-state index in [0.29, 0.717) is 18.8 Å². The van der Waals surface area contributed by atoms with Crippen molar-refractivity contribution in [3.63, 3.8) is 0 Å². The fourth-order valence-corrected chi connectivity index (χ4v) is 2.40. The summed E-state index contributed by atoms with van der Waals surface area (Å²) in [7, 11) is -3.47. The van der Waals surface area contributed by atoms with Crippen LogP contribution < -0.4 is 4.72 Å². The average Bonchev–Trinajstić information content (AvgIpc) is 2.71. The van der Waals surface area contributed by atoms with E-state index in [-0.39, 0.29) is 17.6 Å². The highest BCUT2D eigenvalue weighted by molar-refractivity contribution is 7.89. The molecule has 1 heterocycles. The van der Waals surface area contributed by atoms with E-state index in [1.807, 2.05) is 6.92 Å². The van der Waals surface area contributed by atoms with Gasteiger partial charge in [0.25, 0.3) is 10.0 Å². The summed E-state index contributed by atoms with van der Waals surface area (Å²) >= 11 is 0. The van der Waals surface area contributed by atoms with Crippen LogP contribution in [0.3, 0.4) is 0 Å². The zero-order valence-electron chi connectivity index (χ0n) is 10.1. The zero-order valence-corrected chi connectivity index (χ0v) is 10.9. The minimum atomic E-state index is -3.47. The second kappa shape index (κ2) is 6.13. The molecule has 1 aromatic heterocycles. The van der Waals surface area contributed by atoms with Crippen LogP contribution in [0.15, 0.2) is 11.2 Å². The fraction of sp³-hybridized carbons (Fsp3) is 0.700. The molecule has 0 amide bonds. The molecule has 98 valence electrons. The van der Waals surface area contributed by atoms with Crippen molar-refractivity contribution in [2.45, 2.75) is 31.7 Å². The Morgan fingerprint density at radius 3 is 2.82 bits per heavy atom. The number of nitrogens with one attached hydrogen (secondary N) is 2. The van der Waals surface area contributed by atoms with Gasteiger partial charge < -0.3 is 10.1 Å². The predicted octanol–water partition coefficient (Wildman–Crippen LogP) is 0.405. The maximum Gasteiger partial charge on any atom is 0.257 e. The maximum absolute atomic E-state index is 11.7. The zero-order chi connectivity index (χ0) is 12.9. The highest BCUT2D eigenvalue weighted by Crippen LogP contribution is 2.06. The SMILES string of the molecule is Cc1ncc(S(=O)(=O)NCCCC(C)CO)[nH]1. The molecule has 0 aromatic carbocycles. The van der Waals surface area contributed by atoms with Crippen LogP contribution in [-0.4, -0.2) is 36.6 Å². The minimum Gasteiger partial charge on any atom is -0.396 e. The van der Waals surface area contributed by atoms with Gasteiger partial charge in [0.2, 0.25) is 0 Å². The Bertz CT molecular complexity index is 441. The van der Waals surface area contributed by atoms with Gasteiger partial charge in [-0.05, 0) is 25.7 Å². The summed E-state index contributed by atoms with van der Waals surface area (Å²) < 4.78 is 25.9. The number of imidazole rings is 1. The number of aliphatic hydroxyl groups excluding tert-OH is 1. The first-order chi connectivity index (χ1) is 7.95. The number of aromatic amines is 1. The van der Waals surface area contributed by atoms with Gasteiger partial charge in [-0.25, -0.2) is 18.1 Å². The van der Waals surface area contributed by atoms with Gasteiger partial charge in [0, 0.05) is 13.2 Å². The largest absolute Gasteiger partial charge is 0.396 e. The number of rotatable bonds is 7. The molecule has 0 aliphatic heterocycles. The number of H-pyrrole nitrogens is 1. The lowest BCUT2D eigenvalue weighted by atomic mass is 10.1. The van der Waals surface area contributed by atoms with Gasteiger partial charge in [-0.15, -0.1) is 0 Å². The van der Waals surface area contributed by atoms with Crippen molar-refractivity contribution in [1.29, 1.82) is 0 Å². The highest BCUT2D eigenvalue weighted by Gasteiger charge is 2.15. The van der Waals surface area contributed by atoms with Crippen LogP contribution in [0.25, 0.3) is 0 Å². The van der Waals surface area contributed by atoms with Crippen LogP contribution >= 0.6 is 0 Å². The van der Waals surface area contributed by atoms with Crippen LogP contribution in [0.5, 0.6) is 0 Å². The molecule has 1 unspecified atom stereocenters. The molecule has 17 heavy (non-hydrogen) atoms. The summed E-state index contributed by atoms with van der Waals surface area (Å²) in [6.45, 7) is 4.12. The summed E-state index contributed by atoms with van der Waals surface area (Å²) in [5, 5.41) is 8.91. The number of nitrogens with zero attached hydrogens (tertiary/aromatic N) is 1. The van der Waals surface area contributed by atoms with E-state index in [1.54, 1.807) is 6.92 Å². The number of aryl methyl sites for hydroxylation is 1. The first kappa shape index (κ1) is 14.1. The Kier molecular flexibility index (Phi) is 5.10. The molecule has 0 bridgehead atoms. The third kappa shape index (κ3) is 4.45. The van der Waals surface area contributed by atoms with Crippen molar-refractivity contribution in [3.8, 4) is 0 Å². The lowest BCUT2D eigenvalue weighted by Gasteiger charge is -2.08. The number of sulfonamides is 1. The maximum atomic E-state index is 11.7. The van der Waals surface area contributed by atoms with Crippen molar-refractivity contribution in [2.24, 2.45) is 5.92 Å². The number of aromatic nitrogens is 2. The normalized spacial score (nSPS) is 13.8. The molecule has 0 saturated carbocycles. The first-order valence-electron chi connectivity index (χ1n) is 5.58. The van der Waals surface area contributed by atoms with E-state index in [1.165, 1.54) is 6.20 Å². The smallest absolute Gasteiger partial charge is 0.257 e. The van der Waals surface area contributed by atoms with Crippen LogP contribution in [-0.2, 0) is 10.0 Å². The van der Waals surface area contributed by atoms with Crippen molar-refractivity contribution in [3.05, 3.63) is 12.0 Å². The van der Waals surface area contributed by atoms with E-state index in [9.17, 15) is 8.42 Å². The molecule has 0 aliphatic carbocycles. The van der Waals surface area contributed by atoms with Gasteiger partial charge in [-0.1, -0.05) is 6.92 Å². The Morgan fingerprint density at radius 1 is 1.59 bits per heavy atom. The van der Waals surface area contributed by atoms with Crippen molar-refractivity contribution < 1.29 is 13.5 Å². The Balaban J connectivity index is 2.41. The Hall–Kier alpha value is -0.920. The third-order valence-electron chi connectivity index (χ3n) is 2.45. The molecule has 1 atom stereocenters. The van der Waals surface area contributed by atoms with Crippen molar-refractivity contribution in [1.82, 2.24) is 14.7 Å². The van der Waals surface area contributed by atoms with Gasteiger partial charge in [-0.3, -0.25) is 0 Å². The molecule has 1 rings (SSSR count). The molecule has 7 heteroatoms. The number of hydrogen-bond donors (Lipinski definition) is 3. The molecule has 6 nitrogen and oxygen atoms in total. The number of aliphatic hydroxyl groups is 1. The first-order valence-corrected chi connectivity index (χ1v) is 7.06. The highest BCUT2D eigenvalue weighted by atomic mass is 32.2. The molecule has 0 fully saturated rings. The topological polar surface area (TPSA) is 95.1 Å². The van der Waals surface area contributed by atoms with E-state index in [0.717, 1.165) is 6.42 Å². The minimum absolute atomic E-state index is 0.0882. The predicted molar refractivity (Wildman–Crippen MR) is 64.0 cm³/mol. The lowest BCUT2D eigenvalue weighted by Crippen LogP contribution is -2.25. The molecule has 0 saturated heterocycles. The van der Waals surface area contributed by atoms with E-state index in [4.69, 9.17) is 5.11 Å². The molecule has 1 aromatic rings. The fourth-order valence-electron chi connectivity index (χ4n) is 1.36. The standard InChI is InChI=1S/C10H19N3O3S/c1-8(7-14)4-3-5-12-17(15,16)10-6-11-9(2)13-10/h6,8,12,14H,3-5,7H2,1-2H3,(H,11,13). The van der Waals surface area contributed by atoms with E-state index in [2.05, 4.69) is 14.7 Å². The summed E-state index contributed by atoms with van der Waals surface area (Å²) in [6.07, 6.45) is 2.79. The molecular weight excluding hydrogens is 242 g/mol. The van der Waals surface area contributed by atoms with Crippen LogP contribution in [0, 0.1) is 12.8 Å². The second-order valence-electron chi connectivity index (χ2n) is 4.16. The van der Waals surface area contributed by atoms with Gasteiger partial charge in [-0.2, -0.15) is 0 Å². The lowest BCUT2D eigenvalue weighted by molar-refractivity contribution is 0.228. The Labute approximate surface area is 102 Å². The van der Waals surface area contributed by atoms with E-state index < -0.39 is 10.0 Å². The summed E-state index contributed by atoms with van der Waals surface area (Å²) in [4.78, 5) is 6.52.